The van der Waals surface area contributed by atoms with Crippen LogP contribution in [0.5, 0.6) is 5.75 Å². The van der Waals surface area contributed by atoms with Gasteiger partial charge in [-0.3, -0.25) is 14.2 Å². The number of rotatable bonds is 8. The minimum absolute atomic E-state index is 0.0395. The van der Waals surface area contributed by atoms with Crippen molar-refractivity contribution in [3.8, 4) is 22.6 Å². The first kappa shape index (κ1) is 25.0. The molecule has 0 saturated carbocycles. The molecule has 3 aromatic carbocycles. The molecule has 0 unspecified atom stereocenters. The number of hydrogen-bond donors (Lipinski definition) is 0. The van der Waals surface area contributed by atoms with Gasteiger partial charge in [-0.15, -0.1) is 11.3 Å². The van der Waals surface area contributed by atoms with Crippen LogP contribution >= 0.6 is 23.1 Å². The van der Waals surface area contributed by atoms with Gasteiger partial charge in [-0.2, -0.15) is 0 Å². The van der Waals surface area contributed by atoms with Gasteiger partial charge in [0.05, 0.1) is 22.9 Å². The van der Waals surface area contributed by atoms with Gasteiger partial charge in [0.1, 0.15) is 10.6 Å². The van der Waals surface area contributed by atoms with Crippen LogP contribution in [0, 0.1) is 6.92 Å². The summed E-state index contributed by atoms with van der Waals surface area (Å²) in [5.74, 6) is 0.847. The summed E-state index contributed by atoms with van der Waals surface area (Å²) in [4.78, 5) is 33.6. The van der Waals surface area contributed by atoms with E-state index in [4.69, 9.17) is 9.72 Å². The molecule has 5 aromatic rings. The minimum Gasteiger partial charge on any atom is -0.491 e. The Balaban J connectivity index is 1.54. The monoisotopic (exact) mass is 526 g/mol. The predicted octanol–water partition coefficient (Wildman–Crippen LogP) is 7.18. The van der Waals surface area contributed by atoms with Crippen molar-refractivity contribution in [2.45, 2.75) is 32.0 Å². The van der Waals surface area contributed by atoms with Crippen LogP contribution < -0.4 is 10.3 Å². The number of thioether (sulfide) groups is 1. The van der Waals surface area contributed by atoms with E-state index in [1.54, 1.807) is 16.7 Å². The molecule has 5 nitrogen and oxygen atoms in total. The summed E-state index contributed by atoms with van der Waals surface area (Å²) in [6.45, 7) is 5.94. The molecule has 0 saturated heterocycles. The summed E-state index contributed by atoms with van der Waals surface area (Å²) in [6.07, 6.45) is 0.0658. The lowest BCUT2D eigenvalue weighted by molar-refractivity contribution is 0.102. The second kappa shape index (κ2) is 10.7. The number of fused-ring (bicyclic) bond motifs is 1. The van der Waals surface area contributed by atoms with Crippen LogP contribution in [0.2, 0.25) is 0 Å². The van der Waals surface area contributed by atoms with Gasteiger partial charge < -0.3 is 4.74 Å². The van der Waals surface area contributed by atoms with E-state index in [1.165, 1.54) is 23.1 Å². The second-order valence-electron chi connectivity index (χ2n) is 8.85. The quantitative estimate of drug-likeness (QED) is 0.122. The van der Waals surface area contributed by atoms with Gasteiger partial charge in [-0.1, -0.05) is 60.3 Å². The van der Waals surface area contributed by atoms with Crippen molar-refractivity contribution in [3.63, 3.8) is 0 Å². The molecular formula is C30H26N2O3S2. The van der Waals surface area contributed by atoms with E-state index < -0.39 is 0 Å². The van der Waals surface area contributed by atoms with Crippen molar-refractivity contribution in [1.29, 1.82) is 0 Å². The van der Waals surface area contributed by atoms with Crippen LogP contribution in [0.15, 0.2) is 94.9 Å². The third-order valence-corrected chi connectivity index (χ3v) is 7.77. The number of benzene rings is 3. The minimum atomic E-state index is -0.135. The van der Waals surface area contributed by atoms with Crippen LogP contribution in [0.25, 0.3) is 27.0 Å². The van der Waals surface area contributed by atoms with Gasteiger partial charge >= 0.3 is 0 Å². The highest BCUT2D eigenvalue weighted by Crippen LogP contribution is 2.37. The van der Waals surface area contributed by atoms with Crippen LogP contribution in [-0.2, 0) is 0 Å². The van der Waals surface area contributed by atoms with E-state index in [9.17, 15) is 9.59 Å². The van der Waals surface area contributed by atoms with E-state index in [-0.39, 0.29) is 23.2 Å². The molecule has 0 atom stereocenters. The Morgan fingerprint density at radius 1 is 0.973 bits per heavy atom. The average Bonchev–Trinajstić information content (AvgIpc) is 3.24. The maximum Gasteiger partial charge on any atom is 0.268 e. The van der Waals surface area contributed by atoms with Gasteiger partial charge in [0.15, 0.2) is 10.9 Å². The summed E-state index contributed by atoms with van der Waals surface area (Å²) < 4.78 is 7.30. The number of ether oxygens (including phenoxy) is 1. The van der Waals surface area contributed by atoms with Crippen molar-refractivity contribution in [2.75, 3.05) is 5.75 Å². The number of aryl methyl sites for hydroxylation is 1. The Kier molecular flexibility index (Phi) is 7.26. The fourth-order valence-electron chi connectivity index (χ4n) is 4.20. The number of Topliss-reactive ketones (excluding diaryl/α,β-unsaturated/α-hetero) is 1. The zero-order valence-electron chi connectivity index (χ0n) is 20.8. The van der Waals surface area contributed by atoms with E-state index in [1.807, 2.05) is 93.6 Å². The first-order valence-electron chi connectivity index (χ1n) is 12.0. The van der Waals surface area contributed by atoms with E-state index in [2.05, 4.69) is 0 Å². The van der Waals surface area contributed by atoms with Crippen molar-refractivity contribution in [3.05, 3.63) is 106 Å². The van der Waals surface area contributed by atoms with Gasteiger partial charge in [0.25, 0.3) is 5.56 Å². The van der Waals surface area contributed by atoms with Crippen LogP contribution in [-0.4, -0.2) is 27.2 Å². The lowest BCUT2D eigenvalue weighted by Crippen LogP contribution is -2.22. The summed E-state index contributed by atoms with van der Waals surface area (Å²) in [7, 11) is 0. The largest absolute Gasteiger partial charge is 0.491 e. The molecule has 2 aromatic heterocycles. The summed E-state index contributed by atoms with van der Waals surface area (Å²) in [5, 5.41) is 1.10. The molecule has 2 heterocycles. The number of carbonyl (C=O) groups is 1. The molecule has 7 heteroatoms. The number of para-hydroxylation sites is 1. The highest BCUT2D eigenvalue weighted by molar-refractivity contribution is 7.99. The lowest BCUT2D eigenvalue weighted by atomic mass is 10.0. The molecule has 0 fully saturated rings. The van der Waals surface area contributed by atoms with Crippen molar-refractivity contribution in [1.82, 2.24) is 9.55 Å². The van der Waals surface area contributed by atoms with Gasteiger partial charge in [-0.05, 0) is 62.7 Å². The molecule has 0 aliphatic carbocycles. The highest BCUT2D eigenvalue weighted by Gasteiger charge is 2.21. The summed E-state index contributed by atoms with van der Waals surface area (Å²) in [5.41, 5.74) is 3.08. The molecule has 0 aliphatic heterocycles. The summed E-state index contributed by atoms with van der Waals surface area (Å²) in [6, 6.07) is 26.6. The molecule has 0 spiro atoms. The molecule has 5 rings (SSSR count). The van der Waals surface area contributed by atoms with Crippen LogP contribution in [0.3, 0.4) is 0 Å². The maximum absolute atomic E-state index is 14.0. The number of ketones is 1. The number of nitrogens with zero attached hydrogens (tertiary/aromatic N) is 2. The maximum atomic E-state index is 14.0. The van der Waals surface area contributed by atoms with Gasteiger partial charge in [0, 0.05) is 16.0 Å². The molecule has 37 heavy (non-hydrogen) atoms. The summed E-state index contributed by atoms with van der Waals surface area (Å²) >= 11 is 2.78. The Morgan fingerprint density at radius 3 is 2.27 bits per heavy atom. The van der Waals surface area contributed by atoms with Crippen LogP contribution in [0.1, 0.15) is 29.1 Å². The average molecular weight is 527 g/mol. The first-order valence-corrected chi connectivity index (χ1v) is 13.8. The number of thiophene rings is 1. The number of aromatic nitrogens is 2. The normalized spacial score (nSPS) is 11.2. The zero-order valence-corrected chi connectivity index (χ0v) is 22.4. The topological polar surface area (TPSA) is 61.2 Å². The van der Waals surface area contributed by atoms with E-state index in [0.29, 0.717) is 20.9 Å². The number of hydrogen-bond acceptors (Lipinski definition) is 6. The molecule has 0 amide bonds. The van der Waals surface area contributed by atoms with Crippen LogP contribution in [0.4, 0.5) is 0 Å². The SMILES string of the molecule is Cc1sc2nc(SCC(=O)c3ccc(OC(C)C)cc3)n(-c3ccccc3)c(=O)c2c1-c1ccccc1. The standard InChI is InChI=1S/C30H26N2O3S2/c1-19(2)35-24-16-14-21(15-17-24)25(33)18-36-30-31-28-27(29(34)32(30)23-12-8-5-9-13-23)26(20(3)37-28)22-10-6-4-7-11-22/h4-17,19H,18H2,1-3H3. The lowest BCUT2D eigenvalue weighted by Gasteiger charge is -2.13. The molecule has 0 aliphatic rings. The fraction of sp³-hybridized carbons (Fsp3) is 0.167. The molecule has 0 N–H and O–H groups in total. The Bertz CT molecular complexity index is 1610. The zero-order chi connectivity index (χ0) is 25.9. The van der Waals surface area contributed by atoms with Crippen molar-refractivity contribution in [2.24, 2.45) is 0 Å². The molecule has 186 valence electrons. The Labute approximate surface area is 223 Å². The van der Waals surface area contributed by atoms with E-state index >= 15 is 0 Å². The third-order valence-electron chi connectivity index (χ3n) is 5.83. The van der Waals surface area contributed by atoms with Gasteiger partial charge in [-0.25, -0.2) is 4.98 Å². The first-order chi connectivity index (χ1) is 17.9. The fourth-order valence-corrected chi connectivity index (χ4v) is 6.20. The van der Waals surface area contributed by atoms with Gasteiger partial charge in [0.2, 0.25) is 0 Å². The Morgan fingerprint density at radius 2 is 1.62 bits per heavy atom. The van der Waals surface area contributed by atoms with E-state index in [0.717, 1.165) is 27.4 Å². The smallest absolute Gasteiger partial charge is 0.268 e. The third kappa shape index (κ3) is 5.24. The predicted molar refractivity (Wildman–Crippen MR) is 153 cm³/mol. The van der Waals surface area contributed by atoms with Crippen molar-refractivity contribution >= 4 is 39.1 Å². The highest BCUT2D eigenvalue weighted by atomic mass is 32.2. The van der Waals surface area contributed by atoms with Crippen molar-refractivity contribution < 1.29 is 9.53 Å². The Hall–Kier alpha value is -3.68. The number of carbonyl (C=O) groups excluding carboxylic acids is 1. The molecular weight excluding hydrogens is 500 g/mol. The molecule has 0 radical (unpaired) electrons. The second-order valence-corrected chi connectivity index (χ2v) is 11.0. The molecule has 0 bridgehead atoms.